The molecule has 0 aromatic carbocycles. The zero-order valence-corrected chi connectivity index (χ0v) is 15.1. The number of halogens is 3. The summed E-state index contributed by atoms with van der Waals surface area (Å²) in [6.45, 7) is -0.0490. The molecule has 12 heteroatoms. The van der Waals surface area contributed by atoms with Crippen molar-refractivity contribution in [1.29, 1.82) is 0 Å². The molecule has 0 bridgehead atoms. The molecule has 2 rings (SSSR count). The Morgan fingerprint density at radius 1 is 1.22 bits per heavy atom. The number of hydrogen-bond acceptors (Lipinski definition) is 8. The quantitative estimate of drug-likeness (QED) is 0.766. The standard InChI is InChI=1S/C15H13F3N4O4S/c1-24-6-4-5-8-10(15(16,17)18)21-14(27-8)22-11(23)9-12(25-2)19-7-20-13(9)26-3/h7H,6H2,1-3H3,(H,21,22,23). The van der Waals surface area contributed by atoms with E-state index in [1.54, 1.807) is 0 Å². The first kappa shape index (κ1) is 20.4. The summed E-state index contributed by atoms with van der Waals surface area (Å²) in [7, 11) is 3.90. The van der Waals surface area contributed by atoms with E-state index in [2.05, 4.69) is 36.8 Å². The molecule has 27 heavy (non-hydrogen) atoms. The molecule has 8 nitrogen and oxygen atoms in total. The summed E-state index contributed by atoms with van der Waals surface area (Å²) in [6, 6.07) is 0. The van der Waals surface area contributed by atoms with Crippen molar-refractivity contribution in [2.45, 2.75) is 6.18 Å². The van der Waals surface area contributed by atoms with E-state index in [1.165, 1.54) is 21.3 Å². The Kier molecular flexibility index (Phi) is 6.54. The van der Waals surface area contributed by atoms with Crippen LogP contribution in [0, 0.1) is 11.8 Å². The molecule has 2 aromatic rings. The van der Waals surface area contributed by atoms with E-state index in [4.69, 9.17) is 9.47 Å². The van der Waals surface area contributed by atoms with Crippen LogP contribution < -0.4 is 14.8 Å². The van der Waals surface area contributed by atoms with Gasteiger partial charge in [0.05, 0.1) is 14.2 Å². The maximum Gasteiger partial charge on any atom is 0.435 e. The fourth-order valence-electron chi connectivity index (χ4n) is 1.86. The van der Waals surface area contributed by atoms with Crippen molar-refractivity contribution >= 4 is 22.4 Å². The van der Waals surface area contributed by atoms with Crippen molar-refractivity contribution in [3.05, 3.63) is 22.5 Å². The van der Waals surface area contributed by atoms with Gasteiger partial charge in [0.15, 0.2) is 16.4 Å². The minimum Gasteiger partial charge on any atom is -0.480 e. The van der Waals surface area contributed by atoms with Crippen LogP contribution in [-0.2, 0) is 10.9 Å². The predicted molar refractivity (Wildman–Crippen MR) is 89.0 cm³/mol. The van der Waals surface area contributed by atoms with E-state index in [9.17, 15) is 18.0 Å². The van der Waals surface area contributed by atoms with Gasteiger partial charge in [-0.05, 0) is 0 Å². The zero-order chi connectivity index (χ0) is 20.0. The fraction of sp³-hybridized carbons (Fsp3) is 0.333. The average molecular weight is 402 g/mol. The van der Waals surface area contributed by atoms with Gasteiger partial charge < -0.3 is 14.2 Å². The molecule has 0 radical (unpaired) electrons. The van der Waals surface area contributed by atoms with E-state index < -0.39 is 17.8 Å². The Morgan fingerprint density at radius 3 is 2.37 bits per heavy atom. The van der Waals surface area contributed by atoms with Crippen molar-refractivity contribution < 1.29 is 32.2 Å². The highest BCUT2D eigenvalue weighted by Gasteiger charge is 2.37. The smallest absolute Gasteiger partial charge is 0.435 e. The highest BCUT2D eigenvalue weighted by atomic mass is 32.1. The summed E-state index contributed by atoms with van der Waals surface area (Å²) >= 11 is 0.572. The number of methoxy groups -OCH3 is 3. The average Bonchev–Trinajstić information content (AvgIpc) is 3.04. The summed E-state index contributed by atoms with van der Waals surface area (Å²) in [5, 5.41) is 1.96. The topological polar surface area (TPSA) is 95.5 Å². The largest absolute Gasteiger partial charge is 0.480 e. The molecule has 0 atom stereocenters. The molecule has 0 unspecified atom stereocenters. The molecule has 0 spiro atoms. The van der Waals surface area contributed by atoms with Gasteiger partial charge in [0.2, 0.25) is 11.8 Å². The van der Waals surface area contributed by atoms with Crippen molar-refractivity contribution in [3.63, 3.8) is 0 Å². The lowest BCUT2D eigenvalue weighted by Crippen LogP contribution is -2.16. The Morgan fingerprint density at radius 2 is 1.85 bits per heavy atom. The number of carbonyl (C=O) groups is 1. The first-order valence-corrected chi connectivity index (χ1v) is 7.93. The lowest BCUT2D eigenvalue weighted by Gasteiger charge is -2.09. The second kappa shape index (κ2) is 8.65. The Hall–Kier alpha value is -2.91. The second-order valence-electron chi connectivity index (χ2n) is 4.65. The monoisotopic (exact) mass is 402 g/mol. The Labute approximate surface area is 155 Å². The molecule has 0 saturated heterocycles. The molecule has 144 valence electrons. The number of hydrogen-bond donors (Lipinski definition) is 1. The van der Waals surface area contributed by atoms with Crippen LogP contribution in [0.5, 0.6) is 11.8 Å². The van der Waals surface area contributed by atoms with Gasteiger partial charge in [-0.15, -0.1) is 0 Å². The maximum atomic E-state index is 13.1. The van der Waals surface area contributed by atoms with Gasteiger partial charge in [-0.3, -0.25) is 10.1 Å². The predicted octanol–water partition coefficient (Wildman–Crippen LogP) is 2.22. The number of thiazole rings is 1. The minimum absolute atomic E-state index is 0.0490. The molecular weight excluding hydrogens is 389 g/mol. The number of rotatable bonds is 5. The number of anilines is 1. The lowest BCUT2D eigenvalue weighted by molar-refractivity contribution is -0.140. The maximum absolute atomic E-state index is 13.1. The van der Waals surface area contributed by atoms with Gasteiger partial charge in [0.25, 0.3) is 5.91 Å². The van der Waals surface area contributed by atoms with E-state index in [0.29, 0.717) is 11.3 Å². The number of nitrogens with one attached hydrogen (secondary N) is 1. The Bertz CT molecular complexity index is 867. The summed E-state index contributed by atoms with van der Waals surface area (Å²) < 4.78 is 54.1. The number of aromatic nitrogens is 3. The van der Waals surface area contributed by atoms with Crippen LogP contribution in [0.1, 0.15) is 20.9 Å². The van der Waals surface area contributed by atoms with E-state index in [-0.39, 0.29) is 33.9 Å². The number of alkyl halides is 3. The van der Waals surface area contributed by atoms with Crippen LogP contribution in [0.15, 0.2) is 6.33 Å². The van der Waals surface area contributed by atoms with Gasteiger partial charge in [0, 0.05) is 7.11 Å². The number of carbonyl (C=O) groups excluding carboxylic acids is 1. The molecule has 2 heterocycles. The third-order valence-electron chi connectivity index (χ3n) is 2.93. The van der Waals surface area contributed by atoms with E-state index in [0.717, 1.165) is 6.33 Å². The number of nitrogens with zero attached hydrogens (tertiary/aromatic N) is 3. The third kappa shape index (κ3) is 4.83. The summed E-state index contributed by atoms with van der Waals surface area (Å²) in [6.07, 6.45) is -3.62. The third-order valence-corrected chi connectivity index (χ3v) is 3.81. The minimum atomic E-state index is -4.73. The van der Waals surface area contributed by atoms with Crippen LogP contribution in [0.4, 0.5) is 18.3 Å². The van der Waals surface area contributed by atoms with Crippen LogP contribution >= 0.6 is 11.3 Å². The summed E-state index contributed by atoms with van der Waals surface area (Å²) in [5.74, 6) is 3.71. The molecule has 1 amide bonds. The molecule has 0 aliphatic carbocycles. The first-order chi connectivity index (χ1) is 12.8. The molecule has 0 saturated carbocycles. The second-order valence-corrected chi connectivity index (χ2v) is 5.65. The van der Waals surface area contributed by atoms with Gasteiger partial charge in [0.1, 0.15) is 17.8 Å². The van der Waals surface area contributed by atoms with Crippen molar-refractivity contribution in [3.8, 4) is 23.6 Å². The van der Waals surface area contributed by atoms with Crippen LogP contribution in [-0.4, -0.2) is 48.8 Å². The molecule has 0 aliphatic rings. The first-order valence-electron chi connectivity index (χ1n) is 7.12. The van der Waals surface area contributed by atoms with Gasteiger partial charge in [-0.2, -0.15) is 13.2 Å². The number of amides is 1. The number of ether oxygens (including phenoxy) is 3. The zero-order valence-electron chi connectivity index (χ0n) is 14.3. The molecular formula is C15H13F3N4O4S. The van der Waals surface area contributed by atoms with Crippen LogP contribution in [0.3, 0.4) is 0 Å². The molecule has 2 aromatic heterocycles. The normalized spacial score (nSPS) is 10.7. The summed E-state index contributed by atoms with van der Waals surface area (Å²) in [5.41, 5.74) is -1.38. The lowest BCUT2D eigenvalue weighted by atomic mass is 10.3. The van der Waals surface area contributed by atoms with Gasteiger partial charge in [-0.1, -0.05) is 23.2 Å². The molecule has 0 fully saturated rings. The Balaban J connectivity index is 2.38. The van der Waals surface area contributed by atoms with Crippen molar-refractivity contribution in [2.75, 3.05) is 33.3 Å². The van der Waals surface area contributed by atoms with E-state index in [1.807, 2.05) is 0 Å². The SMILES string of the molecule is COCC#Cc1sc(NC(=O)c2c(OC)ncnc2OC)nc1C(F)(F)F. The fourth-order valence-corrected chi connectivity index (χ4v) is 2.71. The summed E-state index contributed by atoms with van der Waals surface area (Å²) in [4.78, 5) is 23.1. The van der Waals surface area contributed by atoms with Gasteiger partial charge >= 0.3 is 6.18 Å². The highest BCUT2D eigenvalue weighted by molar-refractivity contribution is 7.16. The van der Waals surface area contributed by atoms with E-state index >= 15 is 0 Å². The van der Waals surface area contributed by atoms with Crippen LogP contribution in [0.25, 0.3) is 0 Å². The van der Waals surface area contributed by atoms with Crippen molar-refractivity contribution in [2.24, 2.45) is 0 Å². The highest BCUT2D eigenvalue weighted by Crippen LogP contribution is 2.36. The van der Waals surface area contributed by atoms with Gasteiger partial charge in [-0.25, -0.2) is 15.0 Å². The molecule has 0 aliphatic heterocycles. The van der Waals surface area contributed by atoms with Crippen LogP contribution in [0.2, 0.25) is 0 Å². The van der Waals surface area contributed by atoms with Crippen molar-refractivity contribution in [1.82, 2.24) is 15.0 Å². The molecule has 1 N–H and O–H groups in total.